The molecule has 4 nitrogen and oxygen atoms in total. The van der Waals surface area contributed by atoms with Crippen LogP contribution in [0.3, 0.4) is 0 Å². The van der Waals surface area contributed by atoms with Crippen LogP contribution >= 0.6 is 0 Å². The second kappa shape index (κ2) is 7.46. The van der Waals surface area contributed by atoms with Gasteiger partial charge in [0.2, 0.25) is 5.91 Å². The number of rotatable bonds is 4. The average molecular weight is 343 g/mol. The Morgan fingerprint density at radius 3 is 2.76 bits per heavy atom. The van der Waals surface area contributed by atoms with Gasteiger partial charge in [-0.1, -0.05) is 30.3 Å². The van der Waals surface area contributed by atoms with Crippen LogP contribution in [-0.2, 0) is 14.3 Å². The Kier molecular flexibility index (Phi) is 5.09. The van der Waals surface area contributed by atoms with E-state index in [2.05, 4.69) is 35.2 Å². The van der Waals surface area contributed by atoms with E-state index in [1.54, 1.807) is 7.11 Å². The number of carbonyl (C=O) groups excluding carboxylic acids is 1. The molecule has 3 fully saturated rings. The van der Waals surface area contributed by atoms with Gasteiger partial charge >= 0.3 is 0 Å². The summed E-state index contributed by atoms with van der Waals surface area (Å²) in [7, 11) is 1.78. The van der Waals surface area contributed by atoms with Crippen LogP contribution in [0.2, 0.25) is 0 Å². The molecule has 25 heavy (non-hydrogen) atoms. The zero-order valence-electron chi connectivity index (χ0n) is 15.1. The third-order valence-corrected chi connectivity index (χ3v) is 6.39. The highest BCUT2D eigenvalue weighted by molar-refractivity contribution is 5.77. The van der Waals surface area contributed by atoms with E-state index in [1.807, 2.05) is 0 Å². The molecule has 0 unspecified atom stereocenters. The van der Waals surface area contributed by atoms with Crippen molar-refractivity contribution in [1.29, 1.82) is 0 Å². The Balaban J connectivity index is 1.32. The van der Waals surface area contributed by atoms with Gasteiger partial charge in [-0.2, -0.15) is 0 Å². The molecule has 2 aliphatic carbocycles. The topological polar surface area (TPSA) is 38.8 Å². The van der Waals surface area contributed by atoms with Crippen molar-refractivity contribution in [2.45, 2.75) is 62.7 Å². The Morgan fingerprint density at radius 2 is 2.00 bits per heavy atom. The zero-order chi connectivity index (χ0) is 17.2. The van der Waals surface area contributed by atoms with E-state index < -0.39 is 0 Å². The third kappa shape index (κ3) is 3.61. The molecule has 4 rings (SSSR count). The minimum Gasteiger partial charge on any atom is -0.381 e. The molecule has 3 aliphatic rings. The molecule has 0 spiro atoms. The molecule has 0 bridgehead atoms. The lowest BCUT2D eigenvalue weighted by atomic mass is 9.70. The van der Waals surface area contributed by atoms with Crippen LogP contribution in [0.15, 0.2) is 30.3 Å². The fourth-order valence-corrected chi connectivity index (χ4v) is 4.86. The average Bonchev–Trinajstić information content (AvgIpc) is 2.63. The lowest BCUT2D eigenvalue weighted by molar-refractivity contribution is -0.156. The molecular formula is C21H29NO3. The predicted octanol–water partition coefficient (Wildman–Crippen LogP) is 3.37. The quantitative estimate of drug-likeness (QED) is 0.841. The fraction of sp³-hybridized carbons (Fsp3) is 0.667. The Bertz CT molecular complexity index is 584. The number of ether oxygens (including phenoxy) is 2. The molecule has 0 aromatic heterocycles. The Hall–Kier alpha value is -1.39. The van der Waals surface area contributed by atoms with E-state index in [0.717, 1.165) is 38.6 Å². The van der Waals surface area contributed by atoms with Gasteiger partial charge in [-0.15, -0.1) is 0 Å². The molecule has 0 N–H and O–H groups in total. The predicted molar refractivity (Wildman–Crippen MR) is 96.4 cm³/mol. The monoisotopic (exact) mass is 343 g/mol. The summed E-state index contributed by atoms with van der Waals surface area (Å²) in [6.45, 7) is 1.42. The summed E-state index contributed by atoms with van der Waals surface area (Å²) >= 11 is 0. The van der Waals surface area contributed by atoms with E-state index in [4.69, 9.17) is 9.47 Å². The molecule has 2 saturated carbocycles. The van der Waals surface area contributed by atoms with Crippen molar-refractivity contribution < 1.29 is 14.3 Å². The van der Waals surface area contributed by atoms with Gasteiger partial charge < -0.3 is 14.4 Å². The number of morpholine rings is 1. The van der Waals surface area contributed by atoms with Crippen molar-refractivity contribution in [1.82, 2.24) is 4.90 Å². The molecular weight excluding hydrogens is 314 g/mol. The minimum absolute atomic E-state index is 0.211. The van der Waals surface area contributed by atoms with Crippen LogP contribution < -0.4 is 0 Å². The van der Waals surface area contributed by atoms with Gasteiger partial charge in [-0.3, -0.25) is 4.79 Å². The van der Waals surface area contributed by atoms with Gasteiger partial charge in [-0.25, -0.2) is 0 Å². The summed E-state index contributed by atoms with van der Waals surface area (Å²) in [5.41, 5.74) is 1.42. The van der Waals surface area contributed by atoms with Crippen LogP contribution in [0.4, 0.5) is 0 Å². The maximum atomic E-state index is 12.9. The van der Waals surface area contributed by atoms with E-state index in [9.17, 15) is 4.79 Å². The number of fused-ring (bicyclic) bond motifs is 1. The number of carbonyl (C=O) groups is 1. The lowest BCUT2D eigenvalue weighted by Crippen LogP contribution is -2.57. The first kappa shape index (κ1) is 17.0. The molecule has 1 heterocycles. The minimum atomic E-state index is 0.211. The van der Waals surface area contributed by atoms with E-state index in [1.165, 1.54) is 5.56 Å². The molecule has 1 saturated heterocycles. The SMILES string of the molecule is CO[C@@H]1CC[C@@H]2OCCN(C(=O)CC3CC(c4ccccc4)C3)[C@@H]2C1. The summed E-state index contributed by atoms with van der Waals surface area (Å²) in [6, 6.07) is 10.9. The molecule has 1 aromatic rings. The molecule has 3 atom stereocenters. The smallest absolute Gasteiger partial charge is 0.223 e. The van der Waals surface area contributed by atoms with Crippen LogP contribution in [0.25, 0.3) is 0 Å². The highest BCUT2D eigenvalue weighted by atomic mass is 16.5. The van der Waals surface area contributed by atoms with Gasteiger partial charge in [0.05, 0.1) is 24.9 Å². The summed E-state index contributed by atoms with van der Waals surface area (Å²) in [4.78, 5) is 15.0. The summed E-state index contributed by atoms with van der Waals surface area (Å²) < 4.78 is 11.5. The molecule has 1 aromatic carbocycles. The van der Waals surface area contributed by atoms with Gasteiger partial charge in [0.15, 0.2) is 0 Å². The van der Waals surface area contributed by atoms with Gasteiger partial charge in [0.1, 0.15) is 0 Å². The Morgan fingerprint density at radius 1 is 1.20 bits per heavy atom. The highest BCUT2D eigenvalue weighted by Gasteiger charge is 2.41. The normalized spacial score (nSPS) is 34.9. The van der Waals surface area contributed by atoms with E-state index >= 15 is 0 Å². The van der Waals surface area contributed by atoms with Crippen molar-refractivity contribution in [3.63, 3.8) is 0 Å². The van der Waals surface area contributed by atoms with Crippen LogP contribution in [0.5, 0.6) is 0 Å². The van der Waals surface area contributed by atoms with E-state index in [0.29, 0.717) is 30.8 Å². The molecule has 0 radical (unpaired) electrons. The summed E-state index contributed by atoms with van der Waals surface area (Å²) in [5.74, 6) is 1.51. The number of nitrogens with zero attached hydrogens (tertiary/aromatic N) is 1. The van der Waals surface area contributed by atoms with Crippen LogP contribution in [0.1, 0.15) is 50.0 Å². The largest absolute Gasteiger partial charge is 0.381 e. The maximum absolute atomic E-state index is 12.9. The molecule has 1 aliphatic heterocycles. The standard InChI is InChI=1S/C21H29NO3/c1-24-18-7-8-20-19(14-18)22(9-10-25-20)21(23)13-15-11-17(12-15)16-5-3-2-4-6-16/h2-6,15,17-20H,7-14H2,1H3/t15?,17?,18-,19-,20+/m1/s1. The van der Waals surface area contributed by atoms with Gasteiger partial charge in [0.25, 0.3) is 0 Å². The second-order valence-corrected chi connectivity index (χ2v) is 7.88. The highest BCUT2D eigenvalue weighted by Crippen LogP contribution is 2.43. The van der Waals surface area contributed by atoms with Crippen molar-refractivity contribution in [2.75, 3.05) is 20.3 Å². The third-order valence-electron chi connectivity index (χ3n) is 6.39. The second-order valence-electron chi connectivity index (χ2n) is 7.88. The number of benzene rings is 1. The summed E-state index contributed by atoms with van der Waals surface area (Å²) in [5, 5.41) is 0. The van der Waals surface area contributed by atoms with Gasteiger partial charge in [-0.05, 0) is 49.5 Å². The van der Waals surface area contributed by atoms with Crippen LogP contribution in [0, 0.1) is 5.92 Å². The first-order valence-corrected chi connectivity index (χ1v) is 9.73. The van der Waals surface area contributed by atoms with Crippen molar-refractivity contribution in [3.8, 4) is 0 Å². The zero-order valence-corrected chi connectivity index (χ0v) is 15.1. The maximum Gasteiger partial charge on any atom is 0.223 e. The molecule has 4 heteroatoms. The van der Waals surface area contributed by atoms with Crippen molar-refractivity contribution in [2.24, 2.45) is 5.92 Å². The fourth-order valence-electron chi connectivity index (χ4n) is 4.86. The van der Waals surface area contributed by atoms with Gasteiger partial charge in [0, 0.05) is 20.1 Å². The molecule has 1 amide bonds. The first-order chi connectivity index (χ1) is 12.2. The number of hydrogen-bond acceptors (Lipinski definition) is 3. The lowest BCUT2D eigenvalue weighted by Gasteiger charge is -2.46. The van der Waals surface area contributed by atoms with E-state index in [-0.39, 0.29) is 18.2 Å². The first-order valence-electron chi connectivity index (χ1n) is 9.73. The number of methoxy groups -OCH3 is 1. The Labute approximate surface area is 150 Å². The van der Waals surface area contributed by atoms with Crippen molar-refractivity contribution >= 4 is 5.91 Å². The van der Waals surface area contributed by atoms with Crippen molar-refractivity contribution in [3.05, 3.63) is 35.9 Å². The summed E-state index contributed by atoms with van der Waals surface area (Å²) in [6.07, 6.45) is 6.44. The van der Waals surface area contributed by atoms with Crippen LogP contribution in [-0.4, -0.2) is 49.3 Å². The number of hydrogen-bond donors (Lipinski definition) is 0. The number of amides is 1. The molecule has 136 valence electrons.